The van der Waals surface area contributed by atoms with E-state index in [1.807, 2.05) is 6.07 Å². The van der Waals surface area contributed by atoms with Crippen molar-refractivity contribution in [2.45, 2.75) is 25.7 Å². The molecule has 3 rings (SSSR count). The van der Waals surface area contributed by atoms with E-state index in [0.29, 0.717) is 53.1 Å². The van der Waals surface area contributed by atoms with Crippen LogP contribution in [0.1, 0.15) is 25.7 Å². The molecule has 1 aromatic heterocycles. The van der Waals surface area contributed by atoms with Crippen LogP contribution in [-0.4, -0.2) is 55.3 Å². The fraction of sp³-hybridized carbons (Fsp3) is 0.556. The van der Waals surface area contributed by atoms with E-state index in [4.69, 9.17) is 25.8 Å². The number of nitrogens with zero attached hydrogens (tertiary/aromatic N) is 3. The lowest BCUT2D eigenvalue weighted by atomic mass is 10.2. The predicted octanol–water partition coefficient (Wildman–Crippen LogP) is 3.56. The number of hydrogen-bond acceptors (Lipinski definition) is 6. The van der Waals surface area contributed by atoms with Crippen molar-refractivity contribution in [3.05, 3.63) is 17.5 Å². The zero-order valence-electron chi connectivity index (χ0n) is 14.8. The maximum atomic E-state index is 6.21. The van der Waals surface area contributed by atoms with E-state index in [0.717, 1.165) is 19.4 Å². The van der Waals surface area contributed by atoms with Gasteiger partial charge in [0.1, 0.15) is 24.7 Å². The fourth-order valence-corrected chi connectivity index (χ4v) is 3.07. The van der Waals surface area contributed by atoms with Gasteiger partial charge in [-0.3, -0.25) is 0 Å². The second kappa shape index (κ2) is 8.54. The highest BCUT2D eigenvalue weighted by Gasteiger charge is 2.23. The quantitative estimate of drug-likeness (QED) is 0.526. The highest BCUT2D eigenvalue weighted by atomic mass is 35.5. The molecule has 0 bridgehead atoms. The van der Waals surface area contributed by atoms with E-state index < -0.39 is 0 Å². The molecule has 0 radical (unpaired) electrons. The molecule has 1 aliphatic rings. The van der Waals surface area contributed by atoms with E-state index in [9.17, 15) is 0 Å². The molecular weight excluding hydrogens is 342 g/mol. The molecule has 0 atom stereocenters. The summed E-state index contributed by atoms with van der Waals surface area (Å²) in [6.45, 7) is 2.74. The van der Waals surface area contributed by atoms with Gasteiger partial charge >= 0.3 is 0 Å². The van der Waals surface area contributed by atoms with E-state index in [1.165, 1.54) is 19.2 Å². The zero-order chi connectivity index (χ0) is 17.6. The number of halogens is 1. The number of benzene rings is 1. The molecule has 2 heterocycles. The third kappa shape index (κ3) is 4.44. The monoisotopic (exact) mass is 365 g/mol. The van der Waals surface area contributed by atoms with Crippen molar-refractivity contribution in [1.29, 1.82) is 0 Å². The molecule has 0 aliphatic carbocycles. The Balaban J connectivity index is 1.65. The highest BCUT2D eigenvalue weighted by molar-refractivity contribution is 6.34. The molecule has 0 fully saturated rings. The van der Waals surface area contributed by atoms with E-state index in [2.05, 4.69) is 29.0 Å². The Morgan fingerprint density at radius 1 is 1.08 bits per heavy atom. The smallest absolute Gasteiger partial charge is 0.204 e. The lowest BCUT2D eigenvalue weighted by Crippen LogP contribution is -2.17. The Labute approximate surface area is 153 Å². The van der Waals surface area contributed by atoms with Gasteiger partial charge in [0, 0.05) is 6.07 Å². The van der Waals surface area contributed by atoms with Crippen LogP contribution in [0.15, 0.2) is 12.4 Å². The number of aromatic nitrogens is 2. The summed E-state index contributed by atoms with van der Waals surface area (Å²) in [5.41, 5.74) is 0.699. The molecule has 2 aromatic rings. The van der Waals surface area contributed by atoms with E-state index in [-0.39, 0.29) is 0 Å². The van der Waals surface area contributed by atoms with Crippen molar-refractivity contribution < 1.29 is 14.2 Å². The van der Waals surface area contributed by atoms with Gasteiger partial charge in [0.2, 0.25) is 5.75 Å². The minimum Gasteiger partial charge on any atom is -0.489 e. The minimum absolute atomic E-state index is 0.360. The van der Waals surface area contributed by atoms with Crippen LogP contribution in [0.2, 0.25) is 5.15 Å². The lowest BCUT2D eigenvalue weighted by molar-refractivity contribution is 0.163. The Morgan fingerprint density at radius 3 is 2.64 bits per heavy atom. The molecular formula is C18H24ClN3O3. The first-order valence-corrected chi connectivity index (χ1v) is 9.05. The first-order chi connectivity index (χ1) is 12.2. The van der Waals surface area contributed by atoms with Crippen LogP contribution < -0.4 is 14.2 Å². The fourth-order valence-electron chi connectivity index (χ4n) is 2.85. The van der Waals surface area contributed by atoms with Gasteiger partial charge in [0.05, 0.1) is 17.5 Å². The number of fused-ring (bicyclic) bond motifs is 3. The standard InChI is InChI=1S/C18H24ClN3O3/c1-22(2)7-5-3-4-6-8-23-14-11-13-15(18(19)21-12-20-13)17-16(14)24-9-10-25-17/h11-12H,3-10H2,1-2H3. The SMILES string of the molecule is CN(C)CCCCCCOc1cc2ncnc(Cl)c2c2c1OCCO2. The van der Waals surface area contributed by atoms with Crippen molar-refractivity contribution in [2.24, 2.45) is 0 Å². The summed E-state index contributed by atoms with van der Waals surface area (Å²) in [6, 6.07) is 1.85. The van der Waals surface area contributed by atoms with Gasteiger partial charge < -0.3 is 19.1 Å². The van der Waals surface area contributed by atoms with Crippen LogP contribution in [-0.2, 0) is 0 Å². The van der Waals surface area contributed by atoms with Crippen molar-refractivity contribution in [2.75, 3.05) is 40.5 Å². The molecule has 0 unspecified atom stereocenters. The summed E-state index contributed by atoms with van der Waals surface area (Å²) < 4.78 is 17.5. The zero-order valence-corrected chi connectivity index (χ0v) is 15.5. The minimum atomic E-state index is 0.360. The van der Waals surface area contributed by atoms with Crippen molar-refractivity contribution in [1.82, 2.24) is 14.9 Å². The van der Waals surface area contributed by atoms with Gasteiger partial charge in [-0.2, -0.15) is 0 Å². The predicted molar refractivity (Wildman–Crippen MR) is 98.1 cm³/mol. The van der Waals surface area contributed by atoms with Crippen LogP contribution in [0.25, 0.3) is 10.9 Å². The van der Waals surface area contributed by atoms with Gasteiger partial charge in [-0.15, -0.1) is 0 Å². The molecule has 0 N–H and O–H groups in total. The summed E-state index contributed by atoms with van der Waals surface area (Å²) in [5, 5.41) is 1.04. The van der Waals surface area contributed by atoms with Gasteiger partial charge in [-0.25, -0.2) is 9.97 Å². The maximum Gasteiger partial charge on any atom is 0.204 e. The summed E-state index contributed by atoms with van der Waals surface area (Å²) >= 11 is 6.21. The van der Waals surface area contributed by atoms with Gasteiger partial charge in [0.25, 0.3) is 0 Å². The molecule has 0 spiro atoms. The molecule has 136 valence electrons. The Kier molecular flexibility index (Phi) is 6.15. The molecule has 6 nitrogen and oxygen atoms in total. The topological polar surface area (TPSA) is 56.7 Å². The summed E-state index contributed by atoms with van der Waals surface area (Å²) in [7, 11) is 4.20. The molecule has 1 aliphatic heterocycles. The van der Waals surface area contributed by atoms with Crippen molar-refractivity contribution >= 4 is 22.5 Å². The Morgan fingerprint density at radius 2 is 1.84 bits per heavy atom. The molecule has 25 heavy (non-hydrogen) atoms. The number of rotatable bonds is 8. The highest BCUT2D eigenvalue weighted by Crippen LogP contribution is 2.46. The average Bonchev–Trinajstić information content (AvgIpc) is 2.60. The van der Waals surface area contributed by atoms with Crippen LogP contribution in [0.3, 0.4) is 0 Å². The first-order valence-electron chi connectivity index (χ1n) is 8.67. The van der Waals surface area contributed by atoms with Crippen LogP contribution in [0, 0.1) is 0 Å². The maximum absolute atomic E-state index is 6.21. The summed E-state index contributed by atoms with van der Waals surface area (Å²) in [6.07, 6.45) is 6.01. The van der Waals surface area contributed by atoms with Gasteiger partial charge in [-0.05, 0) is 33.5 Å². The number of unbranched alkanes of at least 4 members (excludes halogenated alkanes) is 3. The van der Waals surface area contributed by atoms with E-state index in [1.54, 1.807) is 0 Å². The Bertz CT molecular complexity index is 724. The summed E-state index contributed by atoms with van der Waals surface area (Å²) in [5.74, 6) is 1.84. The molecule has 0 amide bonds. The number of ether oxygens (including phenoxy) is 3. The summed E-state index contributed by atoms with van der Waals surface area (Å²) in [4.78, 5) is 10.5. The molecule has 7 heteroatoms. The third-order valence-electron chi connectivity index (χ3n) is 4.09. The van der Waals surface area contributed by atoms with Crippen molar-refractivity contribution in [3.63, 3.8) is 0 Å². The normalized spacial score (nSPS) is 13.4. The van der Waals surface area contributed by atoms with E-state index >= 15 is 0 Å². The first kappa shape index (κ1) is 18.0. The molecule has 0 saturated carbocycles. The second-order valence-electron chi connectivity index (χ2n) is 6.35. The average molecular weight is 366 g/mol. The van der Waals surface area contributed by atoms with Crippen molar-refractivity contribution in [3.8, 4) is 17.2 Å². The second-order valence-corrected chi connectivity index (χ2v) is 6.71. The largest absolute Gasteiger partial charge is 0.489 e. The van der Waals surface area contributed by atoms with Gasteiger partial charge in [-0.1, -0.05) is 24.4 Å². The van der Waals surface area contributed by atoms with Gasteiger partial charge in [0.15, 0.2) is 11.5 Å². The molecule has 1 aromatic carbocycles. The number of hydrogen-bond donors (Lipinski definition) is 0. The van der Waals surface area contributed by atoms with Crippen LogP contribution in [0.4, 0.5) is 0 Å². The van der Waals surface area contributed by atoms with Crippen LogP contribution in [0.5, 0.6) is 17.2 Å². The Hall–Kier alpha value is -1.79. The van der Waals surface area contributed by atoms with Crippen LogP contribution >= 0.6 is 11.6 Å². The lowest BCUT2D eigenvalue weighted by Gasteiger charge is -2.22. The third-order valence-corrected chi connectivity index (χ3v) is 4.38. The molecule has 0 saturated heterocycles.